The second-order valence-electron chi connectivity index (χ2n) is 3.58. The molecule has 2 rings (SSSR count). The summed E-state index contributed by atoms with van der Waals surface area (Å²) in [5, 5.41) is 10.8. The molecular weight excluding hydrogens is 274 g/mol. The molecule has 6 nitrogen and oxygen atoms in total. The van der Waals surface area contributed by atoms with E-state index >= 15 is 0 Å². The van der Waals surface area contributed by atoms with Crippen molar-refractivity contribution in [1.29, 1.82) is 0 Å². The Bertz CT molecular complexity index is 649. The molecule has 7 heteroatoms. The van der Waals surface area contributed by atoms with Gasteiger partial charge in [-0.3, -0.25) is 10.1 Å². The van der Waals surface area contributed by atoms with Crippen LogP contribution in [0.2, 0.25) is 5.02 Å². The molecule has 0 aliphatic heterocycles. The number of nitro benzene ring substituents is 1. The fourth-order valence-electron chi connectivity index (χ4n) is 1.51. The highest BCUT2D eigenvalue weighted by molar-refractivity contribution is 6.33. The molecule has 0 bridgehead atoms. The number of rotatable bonds is 3. The number of carbonyl (C=O) groups is 1. The number of esters is 1. The molecule has 0 atom stereocenters. The van der Waals surface area contributed by atoms with Crippen molar-refractivity contribution < 1.29 is 18.9 Å². The van der Waals surface area contributed by atoms with Gasteiger partial charge in [0.05, 0.1) is 17.1 Å². The minimum Gasteiger partial charge on any atom is -0.463 e. The van der Waals surface area contributed by atoms with Gasteiger partial charge in [-0.2, -0.15) is 0 Å². The summed E-state index contributed by atoms with van der Waals surface area (Å²) in [5.41, 5.74) is 0.343. The fourth-order valence-corrected chi connectivity index (χ4v) is 1.78. The van der Waals surface area contributed by atoms with Crippen molar-refractivity contribution in [2.75, 3.05) is 7.11 Å². The van der Waals surface area contributed by atoms with E-state index in [1.165, 1.54) is 31.4 Å². The third-order valence-electron chi connectivity index (χ3n) is 2.42. The largest absolute Gasteiger partial charge is 0.463 e. The van der Waals surface area contributed by atoms with Crippen LogP contribution in [0, 0.1) is 10.1 Å². The van der Waals surface area contributed by atoms with Gasteiger partial charge in [-0.15, -0.1) is 0 Å². The van der Waals surface area contributed by atoms with E-state index in [1.807, 2.05) is 0 Å². The molecule has 0 spiro atoms. The van der Waals surface area contributed by atoms with Crippen LogP contribution < -0.4 is 0 Å². The highest BCUT2D eigenvalue weighted by Crippen LogP contribution is 2.32. The Balaban J connectivity index is 2.39. The molecule has 2 aromatic rings. The lowest BCUT2D eigenvalue weighted by atomic mass is 10.1. The fraction of sp³-hybridized carbons (Fsp3) is 0.0833. The smallest absolute Gasteiger partial charge is 0.373 e. The summed E-state index contributed by atoms with van der Waals surface area (Å²) >= 11 is 5.95. The second kappa shape index (κ2) is 5.11. The Morgan fingerprint density at radius 2 is 2.11 bits per heavy atom. The molecule has 0 N–H and O–H groups in total. The summed E-state index contributed by atoms with van der Waals surface area (Å²) in [4.78, 5) is 21.3. The van der Waals surface area contributed by atoms with Gasteiger partial charge in [0, 0.05) is 17.7 Å². The maximum Gasteiger partial charge on any atom is 0.373 e. The Morgan fingerprint density at radius 1 is 1.37 bits per heavy atom. The number of ether oxygens (including phenoxy) is 1. The van der Waals surface area contributed by atoms with Gasteiger partial charge < -0.3 is 9.15 Å². The van der Waals surface area contributed by atoms with Gasteiger partial charge in [-0.25, -0.2) is 4.79 Å². The molecule has 98 valence electrons. The highest BCUT2D eigenvalue weighted by Gasteiger charge is 2.16. The van der Waals surface area contributed by atoms with Gasteiger partial charge in [-0.1, -0.05) is 11.6 Å². The van der Waals surface area contributed by atoms with Gasteiger partial charge in [-0.05, 0) is 18.2 Å². The molecule has 0 saturated heterocycles. The first-order valence-electron chi connectivity index (χ1n) is 5.15. The Morgan fingerprint density at radius 3 is 2.68 bits per heavy atom. The number of non-ortho nitro benzene ring substituents is 1. The van der Waals surface area contributed by atoms with Gasteiger partial charge in [0.1, 0.15) is 5.76 Å². The number of benzene rings is 1. The average Bonchev–Trinajstić information content (AvgIpc) is 2.87. The molecule has 0 saturated carbocycles. The first-order valence-corrected chi connectivity index (χ1v) is 5.53. The Labute approximate surface area is 112 Å². The van der Waals surface area contributed by atoms with Gasteiger partial charge >= 0.3 is 5.97 Å². The number of halogens is 1. The zero-order valence-electron chi connectivity index (χ0n) is 9.75. The third-order valence-corrected chi connectivity index (χ3v) is 2.73. The lowest BCUT2D eigenvalue weighted by molar-refractivity contribution is -0.384. The molecule has 0 aliphatic rings. The average molecular weight is 282 g/mol. The van der Waals surface area contributed by atoms with Crippen molar-refractivity contribution >= 4 is 23.3 Å². The predicted molar refractivity (Wildman–Crippen MR) is 67.1 cm³/mol. The van der Waals surface area contributed by atoms with Crippen LogP contribution in [0.1, 0.15) is 10.6 Å². The topological polar surface area (TPSA) is 82.6 Å². The molecule has 0 unspecified atom stereocenters. The lowest BCUT2D eigenvalue weighted by Crippen LogP contribution is -1.98. The summed E-state index contributed by atoms with van der Waals surface area (Å²) in [6.07, 6.45) is 0. The summed E-state index contributed by atoms with van der Waals surface area (Å²) in [6.45, 7) is 0. The van der Waals surface area contributed by atoms with Crippen molar-refractivity contribution in [2.24, 2.45) is 0 Å². The monoisotopic (exact) mass is 281 g/mol. The maximum absolute atomic E-state index is 11.2. The molecular formula is C12H8ClNO5. The minimum atomic E-state index is -0.607. The SMILES string of the molecule is COC(=O)c1ccc(-c2ccc([N+](=O)[O-])cc2Cl)o1. The molecule has 19 heavy (non-hydrogen) atoms. The van der Waals surface area contributed by atoms with E-state index in [1.54, 1.807) is 6.07 Å². The Kier molecular flexibility index (Phi) is 3.52. The molecule has 0 radical (unpaired) electrons. The van der Waals surface area contributed by atoms with E-state index in [9.17, 15) is 14.9 Å². The number of nitrogens with zero attached hydrogens (tertiary/aromatic N) is 1. The number of nitro groups is 1. The van der Waals surface area contributed by atoms with Crippen molar-refractivity contribution in [3.8, 4) is 11.3 Å². The van der Waals surface area contributed by atoms with Crippen LogP contribution in [0.3, 0.4) is 0 Å². The quantitative estimate of drug-likeness (QED) is 0.490. The van der Waals surface area contributed by atoms with Crippen LogP contribution >= 0.6 is 11.6 Å². The number of hydrogen-bond donors (Lipinski definition) is 0. The van der Waals surface area contributed by atoms with Crippen LogP contribution in [0.25, 0.3) is 11.3 Å². The molecule has 1 heterocycles. The van der Waals surface area contributed by atoms with E-state index in [4.69, 9.17) is 16.0 Å². The Hall–Kier alpha value is -2.34. The standard InChI is InChI=1S/C12H8ClNO5/c1-18-12(15)11-5-4-10(19-11)8-3-2-7(14(16)17)6-9(8)13/h2-6H,1H3. The van der Waals surface area contributed by atoms with Crippen LogP contribution in [-0.2, 0) is 4.74 Å². The van der Waals surface area contributed by atoms with Crippen LogP contribution in [0.15, 0.2) is 34.7 Å². The summed E-state index contributed by atoms with van der Waals surface area (Å²) in [5.74, 6) is -0.239. The van der Waals surface area contributed by atoms with Crippen molar-refractivity contribution in [1.82, 2.24) is 0 Å². The number of methoxy groups -OCH3 is 1. The van der Waals surface area contributed by atoms with E-state index in [2.05, 4.69) is 4.74 Å². The molecule has 0 aliphatic carbocycles. The van der Waals surface area contributed by atoms with E-state index in [0.29, 0.717) is 11.3 Å². The van der Waals surface area contributed by atoms with Gasteiger partial charge in [0.25, 0.3) is 5.69 Å². The molecule has 0 fully saturated rings. The first kappa shape index (κ1) is 13.1. The zero-order chi connectivity index (χ0) is 14.0. The van der Waals surface area contributed by atoms with Crippen molar-refractivity contribution in [3.63, 3.8) is 0 Å². The third kappa shape index (κ3) is 2.58. The van der Waals surface area contributed by atoms with Crippen molar-refractivity contribution in [3.05, 3.63) is 51.2 Å². The van der Waals surface area contributed by atoms with E-state index in [0.717, 1.165) is 0 Å². The van der Waals surface area contributed by atoms with E-state index in [-0.39, 0.29) is 16.5 Å². The van der Waals surface area contributed by atoms with Crippen LogP contribution in [0.5, 0.6) is 0 Å². The summed E-state index contributed by atoms with van der Waals surface area (Å²) in [7, 11) is 1.24. The normalized spacial score (nSPS) is 10.2. The van der Waals surface area contributed by atoms with Crippen LogP contribution in [-0.4, -0.2) is 18.0 Å². The molecule has 1 aromatic carbocycles. The first-order chi connectivity index (χ1) is 9.02. The predicted octanol–water partition coefficient (Wildman–Crippen LogP) is 3.29. The molecule has 1 aromatic heterocycles. The highest BCUT2D eigenvalue weighted by atomic mass is 35.5. The summed E-state index contributed by atoms with van der Waals surface area (Å²) < 4.78 is 9.79. The lowest BCUT2D eigenvalue weighted by Gasteiger charge is -2.00. The zero-order valence-corrected chi connectivity index (χ0v) is 10.5. The van der Waals surface area contributed by atoms with Gasteiger partial charge in [0.15, 0.2) is 0 Å². The van der Waals surface area contributed by atoms with Gasteiger partial charge in [0.2, 0.25) is 5.76 Å². The maximum atomic E-state index is 11.2. The summed E-state index contributed by atoms with van der Waals surface area (Å²) in [6, 6.07) is 6.97. The number of carbonyl (C=O) groups excluding carboxylic acids is 1. The van der Waals surface area contributed by atoms with Crippen LogP contribution in [0.4, 0.5) is 5.69 Å². The van der Waals surface area contributed by atoms with Crippen molar-refractivity contribution in [2.45, 2.75) is 0 Å². The molecule has 0 amide bonds. The minimum absolute atomic E-state index is 0.0342. The number of hydrogen-bond acceptors (Lipinski definition) is 5. The second-order valence-corrected chi connectivity index (χ2v) is 3.98. The number of furan rings is 1. The van der Waals surface area contributed by atoms with E-state index < -0.39 is 10.9 Å².